The van der Waals surface area contributed by atoms with E-state index >= 15 is 0 Å². The second-order valence-corrected chi connectivity index (χ2v) is 7.39. The molecule has 1 heterocycles. The molecule has 0 aromatic heterocycles. The van der Waals surface area contributed by atoms with Crippen LogP contribution in [0.15, 0.2) is 0 Å². The summed E-state index contributed by atoms with van der Waals surface area (Å²) < 4.78 is 0. The van der Waals surface area contributed by atoms with Crippen LogP contribution in [-0.2, 0) is 4.79 Å². The molecule has 1 unspecified atom stereocenters. The fraction of sp³-hybridized carbons (Fsp3) is 0.938. The SMILES string of the molecule is O=C1N(C2CCC(O)CC2)C(C2CCCC2)NC12CC2. The Bertz CT molecular complexity index is 393. The number of nitrogens with one attached hydrogen (secondary N) is 1. The number of amides is 1. The van der Waals surface area contributed by atoms with E-state index in [1.54, 1.807) is 0 Å². The van der Waals surface area contributed by atoms with Crippen molar-refractivity contribution < 1.29 is 9.90 Å². The zero-order valence-corrected chi connectivity index (χ0v) is 12.2. The molecule has 1 atom stereocenters. The molecule has 0 aromatic rings. The van der Waals surface area contributed by atoms with Crippen molar-refractivity contribution in [3.05, 3.63) is 0 Å². The zero-order valence-electron chi connectivity index (χ0n) is 12.2. The summed E-state index contributed by atoms with van der Waals surface area (Å²) in [6, 6.07) is 0.365. The van der Waals surface area contributed by atoms with E-state index < -0.39 is 0 Å². The van der Waals surface area contributed by atoms with Gasteiger partial charge in [-0.3, -0.25) is 10.1 Å². The van der Waals surface area contributed by atoms with E-state index in [0.29, 0.717) is 17.9 Å². The molecule has 0 aromatic carbocycles. The quantitative estimate of drug-likeness (QED) is 0.809. The minimum Gasteiger partial charge on any atom is -0.393 e. The van der Waals surface area contributed by atoms with Crippen LogP contribution in [0, 0.1) is 5.92 Å². The van der Waals surface area contributed by atoms with Gasteiger partial charge in [-0.2, -0.15) is 0 Å². The number of carbonyl (C=O) groups is 1. The predicted octanol–water partition coefficient (Wildman–Crippen LogP) is 1.77. The molecule has 112 valence electrons. The molecule has 1 amide bonds. The Morgan fingerprint density at radius 2 is 1.70 bits per heavy atom. The summed E-state index contributed by atoms with van der Waals surface area (Å²) in [4.78, 5) is 15.1. The van der Waals surface area contributed by atoms with Gasteiger partial charge >= 0.3 is 0 Å². The molecule has 4 fully saturated rings. The maximum Gasteiger partial charge on any atom is 0.244 e. The van der Waals surface area contributed by atoms with Crippen LogP contribution in [0.3, 0.4) is 0 Å². The average molecular weight is 278 g/mol. The molecule has 4 rings (SSSR count). The van der Waals surface area contributed by atoms with E-state index in [-0.39, 0.29) is 17.8 Å². The molecule has 4 heteroatoms. The lowest BCUT2D eigenvalue weighted by Crippen LogP contribution is -2.49. The summed E-state index contributed by atoms with van der Waals surface area (Å²) in [5, 5.41) is 13.4. The Hall–Kier alpha value is -0.610. The number of hydrogen-bond donors (Lipinski definition) is 2. The fourth-order valence-electron chi connectivity index (χ4n) is 4.62. The average Bonchev–Trinajstić information content (AvgIpc) is 2.92. The van der Waals surface area contributed by atoms with Gasteiger partial charge < -0.3 is 10.0 Å². The van der Waals surface area contributed by atoms with E-state index in [0.717, 1.165) is 38.5 Å². The Labute approximate surface area is 120 Å². The summed E-state index contributed by atoms with van der Waals surface area (Å²) in [6.45, 7) is 0. The van der Waals surface area contributed by atoms with Crippen LogP contribution in [0.2, 0.25) is 0 Å². The Morgan fingerprint density at radius 3 is 2.30 bits per heavy atom. The van der Waals surface area contributed by atoms with Gasteiger partial charge in [0.2, 0.25) is 5.91 Å². The first-order valence-electron chi connectivity index (χ1n) is 8.48. The van der Waals surface area contributed by atoms with Gasteiger partial charge in [0.1, 0.15) is 0 Å². The van der Waals surface area contributed by atoms with Gasteiger partial charge in [-0.15, -0.1) is 0 Å². The molecule has 1 aliphatic heterocycles. The standard InChI is InChI=1S/C16H26N2O2/c19-13-7-5-12(6-8-13)18-14(11-3-1-2-4-11)17-16(9-10-16)15(18)20/h11-14,17,19H,1-10H2. The van der Waals surface area contributed by atoms with Crippen molar-refractivity contribution in [1.29, 1.82) is 0 Å². The third kappa shape index (κ3) is 2.00. The highest BCUT2D eigenvalue weighted by atomic mass is 16.3. The van der Waals surface area contributed by atoms with E-state index in [9.17, 15) is 9.90 Å². The summed E-state index contributed by atoms with van der Waals surface area (Å²) in [7, 11) is 0. The smallest absolute Gasteiger partial charge is 0.244 e. The van der Waals surface area contributed by atoms with Gasteiger partial charge in [0.15, 0.2) is 0 Å². The molecule has 0 bridgehead atoms. The van der Waals surface area contributed by atoms with Gasteiger partial charge in [0.25, 0.3) is 0 Å². The van der Waals surface area contributed by atoms with E-state index in [4.69, 9.17) is 0 Å². The van der Waals surface area contributed by atoms with Crippen molar-refractivity contribution in [2.24, 2.45) is 5.92 Å². The summed E-state index contributed by atoms with van der Waals surface area (Å²) in [5.41, 5.74) is -0.177. The zero-order chi connectivity index (χ0) is 13.7. The maximum atomic E-state index is 12.8. The number of hydrogen-bond acceptors (Lipinski definition) is 3. The second-order valence-electron chi connectivity index (χ2n) is 7.39. The highest BCUT2D eigenvalue weighted by Crippen LogP contribution is 2.47. The highest BCUT2D eigenvalue weighted by Gasteiger charge is 2.61. The lowest BCUT2D eigenvalue weighted by Gasteiger charge is -2.38. The fourth-order valence-corrected chi connectivity index (χ4v) is 4.62. The first-order chi connectivity index (χ1) is 9.70. The van der Waals surface area contributed by atoms with Gasteiger partial charge in [-0.05, 0) is 57.3 Å². The molecule has 3 aliphatic carbocycles. The van der Waals surface area contributed by atoms with Crippen molar-refractivity contribution in [2.45, 2.75) is 88.1 Å². The van der Waals surface area contributed by atoms with Crippen LogP contribution >= 0.6 is 0 Å². The lowest BCUT2D eigenvalue weighted by atomic mass is 9.90. The monoisotopic (exact) mass is 278 g/mol. The Kier molecular flexibility index (Phi) is 3.08. The highest BCUT2D eigenvalue weighted by molar-refractivity contribution is 5.92. The summed E-state index contributed by atoms with van der Waals surface area (Å²) in [6.07, 6.45) is 11.1. The van der Waals surface area contributed by atoms with Crippen LogP contribution in [0.1, 0.15) is 64.2 Å². The largest absolute Gasteiger partial charge is 0.393 e. The Morgan fingerprint density at radius 1 is 1.05 bits per heavy atom. The van der Waals surface area contributed by atoms with Crippen LogP contribution in [-0.4, -0.2) is 39.8 Å². The van der Waals surface area contributed by atoms with E-state index in [1.807, 2.05) is 0 Å². The van der Waals surface area contributed by atoms with Crippen molar-refractivity contribution in [3.63, 3.8) is 0 Å². The van der Waals surface area contributed by atoms with E-state index in [2.05, 4.69) is 10.2 Å². The second kappa shape index (κ2) is 4.70. The number of nitrogens with zero attached hydrogens (tertiary/aromatic N) is 1. The molecular weight excluding hydrogens is 252 g/mol. The van der Waals surface area contributed by atoms with Crippen molar-refractivity contribution >= 4 is 5.91 Å². The first-order valence-corrected chi connectivity index (χ1v) is 8.48. The predicted molar refractivity (Wildman–Crippen MR) is 76.0 cm³/mol. The molecule has 4 nitrogen and oxygen atoms in total. The van der Waals surface area contributed by atoms with Crippen molar-refractivity contribution in [1.82, 2.24) is 10.2 Å². The van der Waals surface area contributed by atoms with Crippen molar-refractivity contribution in [2.75, 3.05) is 0 Å². The molecule has 2 N–H and O–H groups in total. The molecule has 1 spiro atoms. The minimum absolute atomic E-state index is 0.142. The number of aliphatic hydroxyl groups excluding tert-OH is 1. The molecule has 3 saturated carbocycles. The molecule has 20 heavy (non-hydrogen) atoms. The normalized spacial score (nSPS) is 40.8. The van der Waals surface area contributed by atoms with Gasteiger partial charge in [0.05, 0.1) is 17.8 Å². The van der Waals surface area contributed by atoms with Crippen LogP contribution < -0.4 is 5.32 Å². The third-order valence-corrected chi connectivity index (χ3v) is 6.02. The number of carbonyl (C=O) groups excluding carboxylic acids is 1. The summed E-state index contributed by atoms with van der Waals surface area (Å²) in [5.74, 6) is 1.03. The number of rotatable bonds is 2. The van der Waals surface area contributed by atoms with Crippen LogP contribution in [0.4, 0.5) is 0 Å². The van der Waals surface area contributed by atoms with Gasteiger partial charge in [0, 0.05) is 6.04 Å². The Balaban J connectivity index is 1.55. The molecule has 0 radical (unpaired) electrons. The molecular formula is C16H26N2O2. The minimum atomic E-state index is -0.177. The lowest BCUT2D eigenvalue weighted by molar-refractivity contribution is -0.135. The maximum absolute atomic E-state index is 12.8. The molecule has 1 saturated heterocycles. The van der Waals surface area contributed by atoms with Gasteiger partial charge in [-0.1, -0.05) is 12.8 Å². The number of aliphatic hydroxyl groups is 1. The summed E-state index contributed by atoms with van der Waals surface area (Å²) >= 11 is 0. The van der Waals surface area contributed by atoms with Crippen molar-refractivity contribution in [3.8, 4) is 0 Å². The van der Waals surface area contributed by atoms with Crippen LogP contribution in [0.25, 0.3) is 0 Å². The first kappa shape index (κ1) is 13.1. The topological polar surface area (TPSA) is 52.6 Å². The van der Waals surface area contributed by atoms with Gasteiger partial charge in [-0.25, -0.2) is 0 Å². The molecule has 4 aliphatic rings. The van der Waals surface area contributed by atoms with Crippen LogP contribution in [0.5, 0.6) is 0 Å². The van der Waals surface area contributed by atoms with E-state index in [1.165, 1.54) is 25.7 Å². The third-order valence-electron chi connectivity index (χ3n) is 6.02.